The summed E-state index contributed by atoms with van der Waals surface area (Å²) in [6.07, 6.45) is 4.68. The normalized spacial score (nSPS) is 29.0. The number of carbonyl (C=O) groups excluding carboxylic acids is 4. The van der Waals surface area contributed by atoms with Gasteiger partial charge in [-0.05, 0) is 32.1 Å². The van der Waals surface area contributed by atoms with Crippen molar-refractivity contribution >= 4 is 29.5 Å². The Kier molecular flexibility index (Phi) is 7.90. The zero-order chi connectivity index (χ0) is 24.2. The van der Waals surface area contributed by atoms with Crippen molar-refractivity contribution in [2.24, 2.45) is 22.2 Å². The van der Waals surface area contributed by atoms with Crippen LogP contribution in [0.4, 0.5) is 0 Å². The Morgan fingerprint density at radius 2 is 1.76 bits per heavy atom. The molecule has 184 valence electrons. The van der Waals surface area contributed by atoms with Crippen molar-refractivity contribution in [3.63, 3.8) is 0 Å². The molecule has 0 aromatic carbocycles. The fraction of sp³-hybridized carbons (Fsp3) is 0.762. The van der Waals surface area contributed by atoms with Gasteiger partial charge in [-0.3, -0.25) is 29.1 Å². The lowest BCUT2D eigenvalue weighted by molar-refractivity contribution is -0.144. The van der Waals surface area contributed by atoms with E-state index in [1.165, 1.54) is 0 Å². The standard InChI is InChI=1S/C21H36N8O4/c1-2-3-5-12-18(32)27-13(10-26-12)16(30)21(7-8-21)29-11-14(17(22)31)28-19(33)15(29)6-4-9-25-20(23)24/h12-15,26H,2-11H2,1H3,(H2,22,31)(H,27,32)(H,28,33)(H4,23,24,25)/t12-,13-,14-,15-/m0/s1. The van der Waals surface area contributed by atoms with Crippen LogP contribution in [0, 0.1) is 0 Å². The Labute approximate surface area is 193 Å². The maximum absolute atomic E-state index is 13.6. The highest BCUT2D eigenvalue weighted by molar-refractivity contribution is 6.00. The number of piperazine rings is 2. The minimum atomic E-state index is -0.901. The number of aliphatic imine (C=N–C) groups is 1. The van der Waals surface area contributed by atoms with Gasteiger partial charge in [-0.2, -0.15) is 0 Å². The van der Waals surface area contributed by atoms with Crippen LogP contribution in [-0.2, 0) is 19.2 Å². The molecule has 1 aliphatic carbocycles. The minimum Gasteiger partial charge on any atom is -0.370 e. The summed E-state index contributed by atoms with van der Waals surface area (Å²) in [7, 11) is 0. The molecule has 0 aromatic heterocycles. The Balaban J connectivity index is 1.74. The highest BCUT2D eigenvalue weighted by Gasteiger charge is 2.60. The lowest BCUT2D eigenvalue weighted by Gasteiger charge is -2.44. The molecule has 1 saturated carbocycles. The molecule has 2 saturated heterocycles. The number of nitrogens with two attached hydrogens (primary N) is 3. The van der Waals surface area contributed by atoms with E-state index in [0.717, 1.165) is 19.3 Å². The van der Waals surface area contributed by atoms with Crippen LogP contribution in [0.5, 0.6) is 0 Å². The first-order chi connectivity index (χ1) is 15.7. The van der Waals surface area contributed by atoms with E-state index in [2.05, 4.69) is 27.9 Å². The third-order valence-electron chi connectivity index (χ3n) is 6.74. The third-order valence-corrected chi connectivity index (χ3v) is 6.74. The summed E-state index contributed by atoms with van der Waals surface area (Å²) < 4.78 is 0. The second-order valence-electron chi connectivity index (χ2n) is 9.14. The van der Waals surface area contributed by atoms with Crippen LogP contribution >= 0.6 is 0 Å². The van der Waals surface area contributed by atoms with E-state index in [1.54, 1.807) is 0 Å². The number of nitrogens with zero attached hydrogens (tertiary/aromatic N) is 2. The Morgan fingerprint density at radius 3 is 2.33 bits per heavy atom. The first-order valence-electron chi connectivity index (χ1n) is 11.7. The number of hydrogen-bond acceptors (Lipinski definition) is 7. The smallest absolute Gasteiger partial charge is 0.241 e. The van der Waals surface area contributed by atoms with Gasteiger partial charge in [0.15, 0.2) is 11.7 Å². The molecule has 3 aliphatic rings. The molecule has 3 rings (SSSR count). The highest BCUT2D eigenvalue weighted by atomic mass is 16.2. The van der Waals surface area contributed by atoms with E-state index in [-0.39, 0.29) is 36.1 Å². The molecule has 3 amide bonds. The fourth-order valence-corrected chi connectivity index (χ4v) is 4.79. The van der Waals surface area contributed by atoms with Crippen LogP contribution < -0.4 is 33.2 Å². The number of carbonyl (C=O) groups is 4. The highest BCUT2D eigenvalue weighted by Crippen LogP contribution is 2.46. The molecule has 33 heavy (non-hydrogen) atoms. The zero-order valence-corrected chi connectivity index (χ0v) is 19.1. The number of Topliss-reactive ketones (excluding diaryl/α,β-unsaturated/α-hetero) is 1. The molecule has 3 fully saturated rings. The number of primary amides is 1. The van der Waals surface area contributed by atoms with Crippen LogP contribution in [0.3, 0.4) is 0 Å². The van der Waals surface area contributed by atoms with E-state index >= 15 is 0 Å². The molecular weight excluding hydrogens is 428 g/mol. The summed E-state index contributed by atoms with van der Waals surface area (Å²) in [4.78, 5) is 56.6. The maximum Gasteiger partial charge on any atom is 0.241 e. The van der Waals surface area contributed by atoms with E-state index in [9.17, 15) is 19.2 Å². The molecule has 0 radical (unpaired) electrons. The largest absolute Gasteiger partial charge is 0.370 e. The van der Waals surface area contributed by atoms with Crippen LogP contribution in [0.25, 0.3) is 0 Å². The van der Waals surface area contributed by atoms with Gasteiger partial charge in [-0.15, -0.1) is 0 Å². The molecule has 4 atom stereocenters. The summed E-state index contributed by atoms with van der Waals surface area (Å²) >= 11 is 0. The molecule has 0 unspecified atom stereocenters. The van der Waals surface area contributed by atoms with Crippen LogP contribution in [-0.4, -0.2) is 83.7 Å². The van der Waals surface area contributed by atoms with Crippen molar-refractivity contribution < 1.29 is 19.2 Å². The molecule has 2 aliphatic heterocycles. The van der Waals surface area contributed by atoms with E-state index in [0.29, 0.717) is 38.8 Å². The summed E-state index contributed by atoms with van der Waals surface area (Å²) in [5.41, 5.74) is 15.3. The number of hydrogen-bond donors (Lipinski definition) is 6. The molecule has 2 heterocycles. The first-order valence-corrected chi connectivity index (χ1v) is 11.7. The number of rotatable bonds is 11. The van der Waals surface area contributed by atoms with Gasteiger partial charge < -0.3 is 33.2 Å². The van der Waals surface area contributed by atoms with Gasteiger partial charge in [-0.25, -0.2) is 0 Å². The third kappa shape index (κ3) is 5.61. The van der Waals surface area contributed by atoms with Crippen LogP contribution in [0.2, 0.25) is 0 Å². The van der Waals surface area contributed by atoms with Gasteiger partial charge in [-0.1, -0.05) is 19.8 Å². The molecule has 0 spiro atoms. The number of guanidine groups is 1. The SMILES string of the molecule is CCCC[C@@H]1NC[C@@H](C(=O)C2(N3C[C@@H](C(N)=O)NC(=O)[C@@H]3CCCN=C(N)N)CC2)NC1=O. The van der Waals surface area contributed by atoms with E-state index in [1.807, 2.05) is 4.90 Å². The molecule has 0 bridgehead atoms. The number of unbranched alkanes of at least 4 members (excludes halogenated alkanes) is 1. The summed E-state index contributed by atoms with van der Waals surface area (Å²) in [6.45, 7) is 2.90. The van der Waals surface area contributed by atoms with Crippen LogP contribution in [0.15, 0.2) is 4.99 Å². The van der Waals surface area contributed by atoms with E-state index in [4.69, 9.17) is 17.2 Å². The first kappa shape index (κ1) is 24.9. The topological polar surface area (TPSA) is 198 Å². The number of ketones is 1. The van der Waals surface area contributed by atoms with Gasteiger partial charge in [0.25, 0.3) is 0 Å². The summed E-state index contributed by atoms with van der Waals surface area (Å²) in [5, 5.41) is 8.73. The molecular formula is C21H36N8O4. The van der Waals surface area contributed by atoms with Crippen molar-refractivity contribution in [2.75, 3.05) is 19.6 Å². The van der Waals surface area contributed by atoms with Gasteiger partial charge in [0, 0.05) is 19.6 Å². The van der Waals surface area contributed by atoms with Gasteiger partial charge in [0.05, 0.1) is 17.6 Å². The quantitative estimate of drug-likeness (QED) is 0.109. The second kappa shape index (κ2) is 10.5. The average Bonchev–Trinajstić information content (AvgIpc) is 3.57. The molecule has 9 N–H and O–H groups in total. The minimum absolute atomic E-state index is 0.0274. The molecule has 12 heteroatoms. The number of amides is 3. The summed E-state index contributed by atoms with van der Waals surface area (Å²) in [5.74, 6) is -1.34. The Bertz CT molecular complexity index is 808. The summed E-state index contributed by atoms with van der Waals surface area (Å²) in [6, 6.07) is -2.48. The second-order valence-corrected chi connectivity index (χ2v) is 9.14. The van der Waals surface area contributed by atoms with Gasteiger partial charge in [0.2, 0.25) is 17.7 Å². The predicted molar refractivity (Wildman–Crippen MR) is 122 cm³/mol. The molecule has 0 aromatic rings. The molecule has 12 nitrogen and oxygen atoms in total. The van der Waals surface area contributed by atoms with Crippen molar-refractivity contribution in [3.8, 4) is 0 Å². The van der Waals surface area contributed by atoms with Crippen molar-refractivity contribution in [2.45, 2.75) is 81.6 Å². The van der Waals surface area contributed by atoms with Crippen LogP contribution in [0.1, 0.15) is 51.9 Å². The maximum atomic E-state index is 13.6. The zero-order valence-electron chi connectivity index (χ0n) is 19.1. The average molecular weight is 465 g/mol. The van der Waals surface area contributed by atoms with Gasteiger partial charge in [0.1, 0.15) is 12.1 Å². The lowest BCUT2D eigenvalue weighted by Crippen LogP contribution is -2.70. The fourth-order valence-electron chi connectivity index (χ4n) is 4.79. The predicted octanol–water partition coefficient (Wildman–Crippen LogP) is -2.56. The van der Waals surface area contributed by atoms with Gasteiger partial charge >= 0.3 is 0 Å². The Hall–Kier alpha value is -2.73. The van der Waals surface area contributed by atoms with Crippen molar-refractivity contribution in [3.05, 3.63) is 0 Å². The lowest BCUT2D eigenvalue weighted by atomic mass is 9.92. The monoisotopic (exact) mass is 464 g/mol. The number of nitrogens with one attached hydrogen (secondary N) is 3. The van der Waals surface area contributed by atoms with Crippen molar-refractivity contribution in [1.29, 1.82) is 0 Å². The Morgan fingerprint density at radius 1 is 1.06 bits per heavy atom. The van der Waals surface area contributed by atoms with E-state index < -0.39 is 29.6 Å². The van der Waals surface area contributed by atoms with Crippen molar-refractivity contribution in [1.82, 2.24) is 20.9 Å².